The number of ether oxygens (including phenoxy) is 1. The first-order valence-corrected chi connectivity index (χ1v) is 9.30. The van der Waals surface area contributed by atoms with Gasteiger partial charge in [0.2, 0.25) is 0 Å². The van der Waals surface area contributed by atoms with Crippen molar-refractivity contribution in [2.75, 3.05) is 33.3 Å². The molecule has 0 radical (unpaired) electrons. The quantitative estimate of drug-likeness (QED) is 0.653. The van der Waals surface area contributed by atoms with Crippen molar-refractivity contribution in [2.24, 2.45) is 0 Å². The number of fused-ring (bicyclic) bond motifs is 1. The van der Waals surface area contributed by atoms with Gasteiger partial charge in [0.15, 0.2) is 6.61 Å². The minimum absolute atomic E-state index is 0.00525. The summed E-state index contributed by atoms with van der Waals surface area (Å²) in [6.07, 6.45) is 0. The minimum Gasteiger partial charge on any atom is -0.484 e. The lowest BCUT2D eigenvalue weighted by molar-refractivity contribution is -0.138. The highest BCUT2D eigenvalue weighted by Crippen LogP contribution is 2.25. The predicted octanol–water partition coefficient (Wildman–Crippen LogP) is 2.69. The Morgan fingerprint density at radius 1 is 1.11 bits per heavy atom. The average Bonchev–Trinajstić information content (AvgIpc) is 2.72. The Labute approximate surface area is 162 Å². The van der Waals surface area contributed by atoms with Gasteiger partial charge < -0.3 is 19.0 Å². The number of hydrogen-bond acceptors (Lipinski definition) is 5. The lowest BCUT2D eigenvalue weighted by Gasteiger charge is -2.40. The number of benzene rings is 2. The summed E-state index contributed by atoms with van der Waals surface area (Å²) in [6.45, 7) is 2.22. The van der Waals surface area contributed by atoms with Crippen LogP contribution in [0.1, 0.15) is 11.6 Å². The number of hydrogen-bond donors (Lipinski definition) is 0. The summed E-state index contributed by atoms with van der Waals surface area (Å²) in [5, 5.41) is 0.807. The number of carbonyl (C=O) groups excluding carboxylic acids is 1. The zero-order valence-corrected chi connectivity index (χ0v) is 15.7. The Morgan fingerprint density at radius 3 is 2.71 bits per heavy atom. The van der Waals surface area contributed by atoms with Crippen molar-refractivity contribution in [3.8, 4) is 5.75 Å². The highest BCUT2D eigenvalue weighted by Gasteiger charge is 2.30. The molecule has 1 amide bonds. The second-order valence-corrected chi connectivity index (χ2v) is 7.02. The van der Waals surface area contributed by atoms with E-state index in [0.717, 1.165) is 24.0 Å². The van der Waals surface area contributed by atoms with Crippen molar-refractivity contribution in [1.29, 1.82) is 0 Å². The third kappa shape index (κ3) is 3.92. The van der Waals surface area contributed by atoms with E-state index in [-0.39, 0.29) is 18.6 Å². The van der Waals surface area contributed by atoms with E-state index >= 15 is 0 Å². The molecule has 0 aliphatic carbocycles. The van der Waals surface area contributed by atoms with Gasteiger partial charge in [-0.15, -0.1) is 0 Å². The van der Waals surface area contributed by atoms with Crippen LogP contribution in [0.5, 0.6) is 5.75 Å². The van der Waals surface area contributed by atoms with Gasteiger partial charge in [-0.05, 0) is 30.8 Å². The maximum absolute atomic E-state index is 12.9. The maximum atomic E-state index is 12.9. The average molecular weight is 378 g/mol. The molecule has 0 spiro atoms. The minimum atomic E-state index is -0.413. The van der Waals surface area contributed by atoms with E-state index in [1.54, 1.807) is 24.3 Å². The summed E-state index contributed by atoms with van der Waals surface area (Å²) < 4.78 is 10.9. The summed E-state index contributed by atoms with van der Waals surface area (Å²) in [6, 6.07) is 18.4. The van der Waals surface area contributed by atoms with Crippen molar-refractivity contribution in [3.63, 3.8) is 0 Å². The Hall–Kier alpha value is -3.12. The second kappa shape index (κ2) is 7.86. The summed E-state index contributed by atoms with van der Waals surface area (Å²) >= 11 is 0. The van der Waals surface area contributed by atoms with Gasteiger partial charge in [0.1, 0.15) is 11.3 Å². The van der Waals surface area contributed by atoms with E-state index in [9.17, 15) is 9.59 Å². The number of rotatable bonds is 4. The maximum Gasteiger partial charge on any atom is 0.336 e. The standard InChI is InChI=1S/C22H22N2O4/c1-23-11-12-24(19(14-23)16-5-3-2-4-6-16)21(25)15-27-18-9-7-17-8-10-22(26)28-20(17)13-18/h2-10,13,19H,11-12,14-15H2,1H3. The molecule has 28 heavy (non-hydrogen) atoms. The molecule has 0 bridgehead atoms. The number of likely N-dealkylation sites (N-methyl/N-ethyl adjacent to an activating group) is 1. The summed E-state index contributed by atoms with van der Waals surface area (Å²) in [7, 11) is 2.07. The zero-order valence-electron chi connectivity index (χ0n) is 15.7. The SMILES string of the molecule is CN1CCN(C(=O)COc2ccc3ccc(=O)oc3c2)C(c2ccccc2)C1. The zero-order chi connectivity index (χ0) is 19.5. The van der Waals surface area contributed by atoms with Crippen molar-refractivity contribution in [1.82, 2.24) is 9.80 Å². The summed E-state index contributed by atoms with van der Waals surface area (Å²) in [5.41, 5.74) is 1.15. The fourth-order valence-electron chi connectivity index (χ4n) is 3.54. The fraction of sp³-hybridized carbons (Fsp3) is 0.273. The number of carbonyl (C=O) groups is 1. The molecular formula is C22H22N2O4. The topological polar surface area (TPSA) is 63.0 Å². The third-order valence-electron chi connectivity index (χ3n) is 5.05. The Kier molecular flexibility index (Phi) is 5.12. The van der Waals surface area contributed by atoms with Crippen LogP contribution in [0.15, 0.2) is 69.9 Å². The molecule has 0 saturated carbocycles. The van der Waals surface area contributed by atoms with Gasteiger partial charge in [0.25, 0.3) is 5.91 Å². The first-order valence-electron chi connectivity index (χ1n) is 9.30. The van der Waals surface area contributed by atoms with Crippen LogP contribution >= 0.6 is 0 Å². The smallest absolute Gasteiger partial charge is 0.336 e. The normalized spacial score (nSPS) is 17.6. The third-order valence-corrected chi connectivity index (χ3v) is 5.05. The van der Waals surface area contributed by atoms with Gasteiger partial charge in [-0.3, -0.25) is 4.79 Å². The molecule has 0 N–H and O–H groups in total. The molecule has 2 aromatic carbocycles. The van der Waals surface area contributed by atoms with Crippen LogP contribution in [0.4, 0.5) is 0 Å². The van der Waals surface area contributed by atoms with Crippen LogP contribution in [0.25, 0.3) is 11.0 Å². The second-order valence-electron chi connectivity index (χ2n) is 7.02. The number of nitrogens with zero attached hydrogens (tertiary/aromatic N) is 2. The van der Waals surface area contributed by atoms with Crippen molar-refractivity contribution in [3.05, 3.63) is 76.6 Å². The van der Waals surface area contributed by atoms with Gasteiger partial charge in [-0.1, -0.05) is 30.3 Å². The molecule has 4 rings (SSSR count). The summed E-state index contributed by atoms with van der Waals surface area (Å²) in [4.78, 5) is 28.4. The van der Waals surface area contributed by atoms with Gasteiger partial charge in [-0.25, -0.2) is 4.79 Å². The van der Waals surface area contributed by atoms with Gasteiger partial charge in [0, 0.05) is 37.2 Å². The molecule has 3 aromatic rings. The lowest BCUT2D eigenvalue weighted by Crippen LogP contribution is -2.50. The van der Waals surface area contributed by atoms with Gasteiger partial charge in [0.05, 0.1) is 6.04 Å². The molecular weight excluding hydrogens is 356 g/mol. The molecule has 144 valence electrons. The predicted molar refractivity (Wildman–Crippen MR) is 106 cm³/mol. The molecule has 1 fully saturated rings. The molecule has 2 heterocycles. The monoisotopic (exact) mass is 378 g/mol. The van der Waals surface area contributed by atoms with E-state index in [0.29, 0.717) is 17.9 Å². The first kappa shape index (κ1) is 18.3. The number of amides is 1. The largest absolute Gasteiger partial charge is 0.484 e. The van der Waals surface area contributed by atoms with Crippen LogP contribution in [0.2, 0.25) is 0 Å². The van der Waals surface area contributed by atoms with Crippen LogP contribution in [-0.2, 0) is 4.79 Å². The van der Waals surface area contributed by atoms with Crippen molar-refractivity contribution in [2.45, 2.75) is 6.04 Å². The Balaban J connectivity index is 1.48. The van der Waals surface area contributed by atoms with E-state index in [4.69, 9.17) is 9.15 Å². The highest BCUT2D eigenvalue weighted by atomic mass is 16.5. The molecule has 1 aliphatic heterocycles. The van der Waals surface area contributed by atoms with Crippen LogP contribution in [-0.4, -0.2) is 49.0 Å². The van der Waals surface area contributed by atoms with Crippen LogP contribution < -0.4 is 10.4 Å². The molecule has 1 atom stereocenters. The molecule has 1 saturated heterocycles. The Bertz CT molecular complexity index is 1030. The molecule has 1 unspecified atom stereocenters. The van der Waals surface area contributed by atoms with Crippen molar-refractivity contribution < 1.29 is 13.9 Å². The fourth-order valence-corrected chi connectivity index (χ4v) is 3.54. The molecule has 6 nitrogen and oxygen atoms in total. The summed E-state index contributed by atoms with van der Waals surface area (Å²) in [5.74, 6) is 0.442. The van der Waals surface area contributed by atoms with Crippen LogP contribution in [0.3, 0.4) is 0 Å². The van der Waals surface area contributed by atoms with Crippen molar-refractivity contribution >= 4 is 16.9 Å². The van der Waals surface area contributed by atoms with E-state index in [1.807, 2.05) is 23.1 Å². The van der Waals surface area contributed by atoms with Crippen LogP contribution in [0, 0.1) is 0 Å². The lowest BCUT2D eigenvalue weighted by atomic mass is 10.0. The first-order chi connectivity index (χ1) is 13.6. The molecule has 6 heteroatoms. The highest BCUT2D eigenvalue weighted by molar-refractivity contribution is 5.80. The van der Waals surface area contributed by atoms with E-state index < -0.39 is 5.63 Å². The van der Waals surface area contributed by atoms with Gasteiger partial charge in [-0.2, -0.15) is 0 Å². The molecule has 1 aromatic heterocycles. The van der Waals surface area contributed by atoms with Gasteiger partial charge >= 0.3 is 5.63 Å². The number of piperazine rings is 1. The van der Waals surface area contributed by atoms with E-state index in [2.05, 4.69) is 24.1 Å². The Morgan fingerprint density at radius 2 is 1.89 bits per heavy atom. The van der Waals surface area contributed by atoms with E-state index in [1.165, 1.54) is 6.07 Å². The molecule has 1 aliphatic rings.